The van der Waals surface area contributed by atoms with E-state index in [0.29, 0.717) is 35.7 Å². The van der Waals surface area contributed by atoms with Gasteiger partial charge in [0.15, 0.2) is 0 Å². The number of aromatic nitrogens is 2. The first-order valence-corrected chi connectivity index (χ1v) is 12.0. The van der Waals surface area contributed by atoms with Gasteiger partial charge >= 0.3 is 0 Å². The lowest BCUT2D eigenvalue weighted by molar-refractivity contribution is 0.122. The molecule has 0 atom stereocenters. The van der Waals surface area contributed by atoms with Crippen molar-refractivity contribution in [3.63, 3.8) is 0 Å². The zero-order valence-corrected chi connectivity index (χ0v) is 19.4. The molecule has 1 aliphatic rings. The van der Waals surface area contributed by atoms with Crippen LogP contribution in [0, 0.1) is 13.8 Å². The molecule has 2 heterocycles. The van der Waals surface area contributed by atoms with E-state index in [1.54, 1.807) is 30.3 Å². The van der Waals surface area contributed by atoms with Crippen LogP contribution in [-0.4, -0.2) is 44.7 Å². The van der Waals surface area contributed by atoms with Crippen molar-refractivity contribution in [3.8, 4) is 0 Å². The summed E-state index contributed by atoms with van der Waals surface area (Å²) < 4.78 is 33.3. The summed E-state index contributed by atoms with van der Waals surface area (Å²) in [6.07, 6.45) is 0. The van der Waals surface area contributed by atoms with Crippen LogP contribution in [-0.2, 0) is 14.8 Å². The number of nitrogens with one attached hydrogen (secondary N) is 2. The summed E-state index contributed by atoms with van der Waals surface area (Å²) in [5.41, 5.74) is 2.89. The summed E-state index contributed by atoms with van der Waals surface area (Å²) in [7, 11) is -3.74. The first-order valence-electron chi connectivity index (χ1n) is 10.1. The minimum absolute atomic E-state index is 0.113. The summed E-state index contributed by atoms with van der Waals surface area (Å²) in [6, 6.07) is 13.5. The highest BCUT2D eigenvalue weighted by Crippen LogP contribution is 2.24. The molecule has 2 N–H and O–H groups in total. The molecule has 0 saturated carbocycles. The number of hydrogen-bond acceptors (Lipinski definition) is 7. The Labute approximate surface area is 192 Å². The van der Waals surface area contributed by atoms with Crippen LogP contribution in [0.5, 0.6) is 0 Å². The third-order valence-corrected chi connectivity index (χ3v) is 6.79. The molecule has 1 aliphatic heterocycles. The molecule has 1 aromatic heterocycles. The molecule has 1 saturated heterocycles. The molecule has 3 aromatic rings. The van der Waals surface area contributed by atoms with E-state index < -0.39 is 10.0 Å². The number of sulfonamides is 1. The summed E-state index contributed by atoms with van der Waals surface area (Å²) in [6.45, 7) is 6.57. The average Bonchev–Trinajstić information content (AvgIpc) is 2.77. The van der Waals surface area contributed by atoms with Crippen LogP contribution in [0.3, 0.4) is 0 Å². The fourth-order valence-corrected chi connectivity index (χ4v) is 4.58. The molecular formula is C22H24ClN5O3S. The first-order chi connectivity index (χ1) is 15.3. The second-order valence-electron chi connectivity index (χ2n) is 7.51. The highest BCUT2D eigenvalue weighted by atomic mass is 35.5. The van der Waals surface area contributed by atoms with Crippen molar-refractivity contribution in [2.24, 2.45) is 0 Å². The molecule has 32 heavy (non-hydrogen) atoms. The third-order valence-electron chi connectivity index (χ3n) is 5.00. The third kappa shape index (κ3) is 5.29. The number of hydrogen-bond donors (Lipinski definition) is 2. The van der Waals surface area contributed by atoms with Crippen molar-refractivity contribution in [2.75, 3.05) is 41.2 Å². The minimum Gasteiger partial charge on any atom is -0.378 e. The smallest absolute Gasteiger partial charge is 0.261 e. The van der Waals surface area contributed by atoms with Crippen molar-refractivity contribution >= 4 is 44.8 Å². The summed E-state index contributed by atoms with van der Waals surface area (Å²) in [5.74, 6) is 1.33. The summed E-state index contributed by atoms with van der Waals surface area (Å²) in [4.78, 5) is 11.3. The molecule has 0 spiro atoms. The maximum Gasteiger partial charge on any atom is 0.261 e. The number of halogens is 1. The number of ether oxygens (including phenoxy) is 1. The van der Waals surface area contributed by atoms with Crippen molar-refractivity contribution < 1.29 is 13.2 Å². The molecule has 1 fully saturated rings. The fourth-order valence-electron chi connectivity index (χ4n) is 3.25. The van der Waals surface area contributed by atoms with Gasteiger partial charge in [-0.2, -0.15) is 4.98 Å². The number of anilines is 4. The van der Waals surface area contributed by atoms with Crippen LogP contribution >= 0.6 is 11.6 Å². The van der Waals surface area contributed by atoms with E-state index in [1.165, 1.54) is 12.1 Å². The average molecular weight is 474 g/mol. The predicted molar refractivity (Wildman–Crippen MR) is 127 cm³/mol. The molecule has 168 valence electrons. The topological polar surface area (TPSA) is 96.5 Å². The van der Waals surface area contributed by atoms with Crippen LogP contribution in [0.2, 0.25) is 5.02 Å². The molecule has 4 rings (SSSR count). The lowest BCUT2D eigenvalue weighted by Crippen LogP contribution is -2.37. The van der Waals surface area contributed by atoms with Gasteiger partial charge in [-0.05, 0) is 55.8 Å². The van der Waals surface area contributed by atoms with Crippen LogP contribution < -0.4 is 14.9 Å². The highest BCUT2D eigenvalue weighted by molar-refractivity contribution is 7.92. The largest absolute Gasteiger partial charge is 0.378 e. The van der Waals surface area contributed by atoms with Crippen molar-refractivity contribution in [2.45, 2.75) is 18.7 Å². The first kappa shape index (κ1) is 22.3. The van der Waals surface area contributed by atoms with E-state index in [4.69, 9.17) is 16.3 Å². The Morgan fingerprint density at radius 3 is 2.34 bits per heavy atom. The monoisotopic (exact) mass is 473 g/mol. The van der Waals surface area contributed by atoms with Gasteiger partial charge in [-0.1, -0.05) is 17.7 Å². The Morgan fingerprint density at radius 2 is 1.66 bits per heavy atom. The second kappa shape index (κ2) is 9.32. The van der Waals surface area contributed by atoms with Gasteiger partial charge in [0.1, 0.15) is 5.82 Å². The Kier molecular flexibility index (Phi) is 6.50. The molecule has 0 unspecified atom stereocenters. The Bertz CT molecular complexity index is 1210. The normalized spacial score (nSPS) is 14.3. The molecule has 0 radical (unpaired) electrons. The second-order valence-corrected chi connectivity index (χ2v) is 9.60. The minimum atomic E-state index is -3.74. The van der Waals surface area contributed by atoms with Gasteiger partial charge in [-0.15, -0.1) is 0 Å². The molecule has 0 aliphatic carbocycles. The number of benzene rings is 2. The van der Waals surface area contributed by atoms with Crippen molar-refractivity contribution in [3.05, 3.63) is 64.8 Å². The van der Waals surface area contributed by atoms with Gasteiger partial charge in [0.25, 0.3) is 10.0 Å². The van der Waals surface area contributed by atoms with Gasteiger partial charge in [0.05, 0.1) is 18.1 Å². The fraction of sp³-hybridized carbons (Fsp3) is 0.273. The van der Waals surface area contributed by atoms with Crippen LogP contribution in [0.25, 0.3) is 0 Å². The van der Waals surface area contributed by atoms with Gasteiger partial charge in [-0.3, -0.25) is 4.72 Å². The zero-order chi connectivity index (χ0) is 22.7. The van der Waals surface area contributed by atoms with Crippen molar-refractivity contribution in [1.82, 2.24) is 9.97 Å². The van der Waals surface area contributed by atoms with E-state index in [1.807, 2.05) is 19.9 Å². The van der Waals surface area contributed by atoms with E-state index in [9.17, 15) is 8.42 Å². The van der Waals surface area contributed by atoms with Gasteiger partial charge in [0.2, 0.25) is 5.95 Å². The predicted octanol–water partition coefficient (Wildman–Crippen LogP) is 4.13. The van der Waals surface area contributed by atoms with Crippen molar-refractivity contribution in [1.29, 1.82) is 0 Å². The lowest BCUT2D eigenvalue weighted by atomic mass is 10.2. The zero-order valence-electron chi connectivity index (χ0n) is 17.8. The standard InChI is InChI=1S/C22H24ClN5O3S/c1-15-3-8-19(14-20(15)23)32(29,30)27-18-6-4-17(5-7-18)25-21-13-16(2)24-22(26-21)28-9-11-31-12-10-28/h3-8,13-14,27H,9-12H2,1-2H3,(H,24,25,26). The molecule has 0 bridgehead atoms. The SMILES string of the molecule is Cc1cc(Nc2ccc(NS(=O)(=O)c3ccc(C)c(Cl)c3)cc2)nc(N2CCOCC2)n1. The Morgan fingerprint density at radius 1 is 0.969 bits per heavy atom. The lowest BCUT2D eigenvalue weighted by Gasteiger charge is -2.27. The maximum atomic E-state index is 12.7. The van der Waals surface area contributed by atoms with Crippen LogP contribution in [0.1, 0.15) is 11.3 Å². The van der Waals surface area contributed by atoms with E-state index in [2.05, 4.69) is 24.9 Å². The number of aryl methyl sites for hydroxylation is 2. The molecule has 0 amide bonds. The Hall–Kier alpha value is -2.88. The van der Waals surface area contributed by atoms with E-state index >= 15 is 0 Å². The van der Waals surface area contributed by atoms with E-state index in [0.717, 1.165) is 30.0 Å². The highest BCUT2D eigenvalue weighted by Gasteiger charge is 2.16. The number of nitrogens with zero attached hydrogens (tertiary/aromatic N) is 3. The molecular weight excluding hydrogens is 450 g/mol. The number of rotatable bonds is 6. The molecule has 2 aromatic carbocycles. The quantitative estimate of drug-likeness (QED) is 0.555. The van der Waals surface area contributed by atoms with Gasteiger partial charge in [-0.25, -0.2) is 13.4 Å². The summed E-state index contributed by atoms with van der Waals surface area (Å²) in [5, 5.41) is 3.66. The van der Waals surface area contributed by atoms with Crippen LogP contribution in [0.4, 0.5) is 23.1 Å². The van der Waals surface area contributed by atoms with Gasteiger partial charge < -0.3 is 15.0 Å². The molecule has 8 nitrogen and oxygen atoms in total. The van der Waals surface area contributed by atoms with E-state index in [-0.39, 0.29) is 4.90 Å². The van der Waals surface area contributed by atoms with Crippen LogP contribution in [0.15, 0.2) is 53.4 Å². The molecule has 10 heteroatoms. The van der Waals surface area contributed by atoms with Gasteiger partial charge in [0, 0.05) is 41.2 Å². The Balaban J connectivity index is 1.47. The summed E-state index contributed by atoms with van der Waals surface area (Å²) >= 11 is 6.07. The maximum absolute atomic E-state index is 12.7. The number of morpholine rings is 1.